The fourth-order valence-corrected chi connectivity index (χ4v) is 4.34. The van der Waals surface area contributed by atoms with E-state index in [-0.39, 0.29) is 23.9 Å². The molecule has 2 aliphatic rings. The number of halogens is 1. The van der Waals surface area contributed by atoms with Crippen LogP contribution in [0.2, 0.25) is 0 Å². The standard InChI is InChI=1S/C11H21NO3S.ClH/c1-9-7-12-11(15-8-9)6-10-4-2-3-5-16(10,13)14;/h9-12H,2-8H2,1H3;1H. The fraction of sp³-hybridized carbons (Fsp3) is 1.00. The largest absolute Gasteiger partial charge is 0.363 e. The van der Waals surface area contributed by atoms with Crippen molar-refractivity contribution >= 4 is 22.2 Å². The molecule has 0 aromatic rings. The van der Waals surface area contributed by atoms with Crippen LogP contribution in [0.1, 0.15) is 32.6 Å². The van der Waals surface area contributed by atoms with Crippen molar-refractivity contribution in [3.8, 4) is 0 Å². The number of hydrogen-bond acceptors (Lipinski definition) is 4. The van der Waals surface area contributed by atoms with E-state index in [9.17, 15) is 8.42 Å². The van der Waals surface area contributed by atoms with Crippen LogP contribution in [-0.4, -0.2) is 38.8 Å². The van der Waals surface area contributed by atoms with Gasteiger partial charge in [-0.1, -0.05) is 13.3 Å². The van der Waals surface area contributed by atoms with Crippen LogP contribution in [0.25, 0.3) is 0 Å². The van der Waals surface area contributed by atoms with Gasteiger partial charge < -0.3 is 4.74 Å². The van der Waals surface area contributed by atoms with E-state index in [0.717, 1.165) is 32.4 Å². The Morgan fingerprint density at radius 3 is 2.71 bits per heavy atom. The Hall–Kier alpha value is 0.160. The van der Waals surface area contributed by atoms with Crippen LogP contribution in [0.3, 0.4) is 0 Å². The van der Waals surface area contributed by atoms with E-state index in [1.54, 1.807) is 0 Å². The maximum atomic E-state index is 11.8. The minimum absolute atomic E-state index is 0. The van der Waals surface area contributed by atoms with E-state index >= 15 is 0 Å². The van der Waals surface area contributed by atoms with Crippen molar-refractivity contribution in [3.05, 3.63) is 0 Å². The molecule has 17 heavy (non-hydrogen) atoms. The van der Waals surface area contributed by atoms with Crippen LogP contribution in [0.5, 0.6) is 0 Å². The van der Waals surface area contributed by atoms with Gasteiger partial charge in [0.1, 0.15) is 6.23 Å². The van der Waals surface area contributed by atoms with Gasteiger partial charge in [0.05, 0.1) is 17.6 Å². The molecule has 0 radical (unpaired) electrons. The summed E-state index contributed by atoms with van der Waals surface area (Å²) in [4.78, 5) is 0. The molecule has 3 unspecified atom stereocenters. The summed E-state index contributed by atoms with van der Waals surface area (Å²) in [6.45, 7) is 3.79. The van der Waals surface area contributed by atoms with Crippen molar-refractivity contribution in [2.24, 2.45) is 5.92 Å². The molecule has 0 aromatic heterocycles. The van der Waals surface area contributed by atoms with Gasteiger partial charge in [-0.2, -0.15) is 0 Å². The summed E-state index contributed by atoms with van der Waals surface area (Å²) in [6, 6.07) is 0. The Morgan fingerprint density at radius 1 is 1.35 bits per heavy atom. The molecule has 0 aliphatic carbocycles. The average Bonchev–Trinajstić information content (AvgIpc) is 2.24. The summed E-state index contributed by atoms with van der Waals surface area (Å²) in [5, 5.41) is 3.08. The molecule has 2 aliphatic heterocycles. The van der Waals surface area contributed by atoms with Crippen LogP contribution in [0.4, 0.5) is 0 Å². The molecular weight excluding hydrogens is 262 g/mol. The molecule has 2 fully saturated rings. The number of sulfone groups is 1. The highest BCUT2D eigenvalue weighted by Crippen LogP contribution is 2.24. The van der Waals surface area contributed by atoms with E-state index in [4.69, 9.17) is 4.74 Å². The van der Waals surface area contributed by atoms with E-state index < -0.39 is 9.84 Å². The normalized spacial score (nSPS) is 37.1. The zero-order valence-corrected chi connectivity index (χ0v) is 11.9. The summed E-state index contributed by atoms with van der Waals surface area (Å²) >= 11 is 0. The van der Waals surface area contributed by atoms with Crippen molar-refractivity contribution in [1.29, 1.82) is 0 Å². The molecule has 2 heterocycles. The van der Waals surface area contributed by atoms with Gasteiger partial charge >= 0.3 is 0 Å². The molecule has 3 atom stereocenters. The predicted octanol–water partition coefficient (Wildman–Crippen LogP) is 1.35. The number of nitrogens with one attached hydrogen (secondary N) is 1. The minimum atomic E-state index is -2.86. The monoisotopic (exact) mass is 283 g/mol. The summed E-state index contributed by atoms with van der Waals surface area (Å²) in [6.07, 6.45) is 3.23. The van der Waals surface area contributed by atoms with Gasteiger partial charge in [0.15, 0.2) is 9.84 Å². The summed E-state index contributed by atoms with van der Waals surface area (Å²) in [7, 11) is -2.86. The molecule has 0 spiro atoms. The van der Waals surface area contributed by atoms with Crippen molar-refractivity contribution in [1.82, 2.24) is 5.32 Å². The fourth-order valence-electron chi connectivity index (χ4n) is 2.41. The van der Waals surface area contributed by atoms with Gasteiger partial charge in [0, 0.05) is 13.0 Å². The Kier molecular flexibility index (Phi) is 5.70. The van der Waals surface area contributed by atoms with Crippen LogP contribution >= 0.6 is 12.4 Å². The Bertz CT molecular complexity index is 326. The van der Waals surface area contributed by atoms with Gasteiger partial charge in [-0.3, -0.25) is 5.32 Å². The van der Waals surface area contributed by atoms with Crippen LogP contribution < -0.4 is 5.32 Å². The first-order valence-electron chi connectivity index (χ1n) is 6.14. The molecule has 4 nitrogen and oxygen atoms in total. The molecule has 1 N–H and O–H groups in total. The molecular formula is C11H22ClNO3S. The minimum Gasteiger partial charge on any atom is -0.363 e. The van der Waals surface area contributed by atoms with E-state index in [2.05, 4.69) is 12.2 Å². The average molecular weight is 284 g/mol. The van der Waals surface area contributed by atoms with Crippen molar-refractivity contribution in [3.63, 3.8) is 0 Å². The second kappa shape index (κ2) is 6.36. The highest BCUT2D eigenvalue weighted by atomic mass is 35.5. The summed E-state index contributed by atoms with van der Waals surface area (Å²) < 4.78 is 29.3. The maximum Gasteiger partial charge on any atom is 0.153 e. The lowest BCUT2D eigenvalue weighted by Crippen LogP contribution is -2.45. The first-order chi connectivity index (χ1) is 7.58. The summed E-state index contributed by atoms with van der Waals surface area (Å²) in [5.74, 6) is 0.889. The number of ether oxygens (including phenoxy) is 1. The topological polar surface area (TPSA) is 55.4 Å². The third-order valence-corrected chi connectivity index (χ3v) is 5.77. The molecule has 102 valence electrons. The Morgan fingerprint density at radius 2 is 2.12 bits per heavy atom. The quantitative estimate of drug-likeness (QED) is 0.831. The Balaban J connectivity index is 0.00000144. The smallest absolute Gasteiger partial charge is 0.153 e. The molecule has 0 amide bonds. The molecule has 0 saturated carbocycles. The van der Waals surface area contributed by atoms with Crippen LogP contribution in [0.15, 0.2) is 0 Å². The third-order valence-electron chi connectivity index (χ3n) is 3.47. The first kappa shape index (κ1) is 15.2. The maximum absolute atomic E-state index is 11.8. The zero-order valence-electron chi connectivity index (χ0n) is 10.2. The van der Waals surface area contributed by atoms with Gasteiger partial charge in [0.2, 0.25) is 0 Å². The summed E-state index contributed by atoms with van der Waals surface area (Å²) in [5.41, 5.74) is 0. The van der Waals surface area contributed by atoms with Crippen molar-refractivity contribution in [2.45, 2.75) is 44.1 Å². The lowest BCUT2D eigenvalue weighted by molar-refractivity contribution is -0.0285. The first-order valence-corrected chi connectivity index (χ1v) is 7.86. The van der Waals surface area contributed by atoms with Gasteiger partial charge in [-0.15, -0.1) is 12.4 Å². The molecule has 2 saturated heterocycles. The van der Waals surface area contributed by atoms with Crippen molar-refractivity contribution < 1.29 is 13.2 Å². The van der Waals surface area contributed by atoms with E-state index in [0.29, 0.717) is 18.1 Å². The molecule has 0 aromatic carbocycles. The van der Waals surface area contributed by atoms with E-state index in [1.165, 1.54) is 0 Å². The molecule has 2 rings (SSSR count). The number of rotatable bonds is 2. The third kappa shape index (κ3) is 4.09. The van der Waals surface area contributed by atoms with Crippen molar-refractivity contribution in [2.75, 3.05) is 18.9 Å². The van der Waals surface area contributed by atoms with Crippen LogP contribution in [-0.2, 0) is 14.6 Å². The highest BCUT2D eigenvalue weighted by molar-refractivity contribution is 7.92. The highest BCUT2D eigenvalue weighted by Gasteiger charge is 2.32. The predicted molar refractivity (Wildman–Crippen MR) is 70.2 cm³/mol. The molecule has 6 heteroatoms. The zero-order chi connectivity index (χ0) is 11.6. The lowest BCUT2D eigenvalue weighted by Gasteiger charge is -2.32. The van der Waals surface area contributed by atoms with Gasteiger partial charge in [-0.25, -0.2) is 8.42 Å². The van der Waals surface area contributed by atoms with Gasteiger partial charge in [-0.05, 0) is 18.8 Å². The molecule has 0 bridgehead atoms. The van der Waals surface area contributed by atoms with Gasteiger partial charge in [0.25, 0.3) is 0 Å². The van der Waals surface area contributed by atoms with E-state index in [1.807, 2.05) is 0 Å². The van der Waals surface area contributed by atoms with Crippen LogP contribution in [0, 0.1) is 5.92 Å². The second-order valence-electron chi connectivity index (χ2n) is 5.06. The SMILES string of the molecule is CC1CNC(CC2CCCCS2(=O)=O)OC1.Cl. The Labute approximate surface area is 110 Å². The lowest BCUT2D eigenvalue weighted by atomic mass is 10.1. The number of hydrogen-bond donors (Lipinski definition) is 1. The second-order valence-corrected chi connectivity index (χ2v) is 7.46.